The normalized spacial score (nSPS) is 29.5. The summed E-state index contributed by atoms with van der Waals surface area (Å²) in [5.41, 5.74) is 1.34. The maximum Gasteiger partial charge on any atom is 0.0730 e. The number of allylic oxidation sites excluding steroid dienone is 1. The lowest BCUT2D eigenvalue weighted by molar-refractivity contribution is 0.218. The van der Waals surface area contributed by atoms with Crippen molar-refractivity contribution in [2.75, 3.05) is 0 Å². The van der Waals surface area contributed by atoms with E-state index in [4.69, 9.17) is 0 Å². The van der Waals surface area contributed by atoms with Gasteiger partial charge in [-0.2, -0.15) is 11.3 Å². The minimum atomic E-state index is -0.222. The molecule has 0 saturated heterocycles. The van der Waals surface area contributed by atoms with Gasteiger partial charge in [0, 0.05) is 5.92 Å². The van der Waals surface area contributed by atoms with Crippen molar-refractivity contribution in [3.05, 3.63) is 34.5 Å². The lowest BCUT2D eigenvalue weighted by atomic mass is 10.0. The second-order valence-corrected chi connectivity index (χ2v) is 3.63. The van der Waals surface area contributed by atoms with E-state index in [0.29, 0.717) is 5.92 Å². The highest BCUT2D eigenvalue weighted by atomic mass is 32.1. The van der Waals surface area contributed by atoms with E-state index in [1.54, 1.807) is 11.3 Å². The molecule has 0 aliphatic heterocycles. The zero-order valence-corrected chi connectivity index (χ0v) is 6.92. The van der Waals surface area contributed by atoms with Crippen LogP contribution in [0.4, 0.5) is 0 Å². The number of aliphatic hydroxyl groups excluding tert-OH is 1. The van der Waals surface area contributed by atoms with Gasteiger partial charge in [-0.1, -0.05) is 12.2 Å². The highest BCUT2D eigenvalue weighted by Gasteiger charge is 2.17. The molecule has 0 fully saturated rings. The Morgan fingerprint density at radius 1 is 1.45 bits per heavy atom. The summed E-state index contributed by atoms with van der Waals surface area (Å²) in [7, 11) is 0. The van der Waals surface area contributed by atoms with Gasteiger partial charge in [-0.05, 0) is 28.8 Å². The lowest BCUT2D eigenvalue weighted by Crippen LogP contribution is -1.99. The van der Waals surface area contributed by atoms with Gasteiger partial charge in [-0.25, -0.2) is 0 Å². The Labute approximate surface area is 70.0 Å². The fraction of sp³-hybridized carbons (Fsp3) is 0.333. The molecule has 58 valence electrons. The SMILES string of the molecule is OC1C=CC(c2ccsc2)C1. The van der Waals surface area contributed by atoms with Gasteiger partial charge in [0.05, 0.1) is 6.10 Å². The van der Waals surface area contributed by atoms with Crippen LogP contribution in [0.3, 0.4) is 0 Å². The van der Waals surface area contributed by atoms with E-state index in [2.05, 4.69) is 22.9 Å². The van der Waals surface area contributed by atoms with Gasteiger partial charge in [0.2, 0.25) is 0 Å². The van der Waals surface area contributed by atoms with Gasteiger partial charge in [0.1, 0.15) is 0 Å². The van der Waals surface area contributed by atoms with Crippen LogP contribution in [0.15, 0.2) is 29.0 Å². The van der Waals surface area contributed by atoms with Crippen molar-refractivity contribution in [2.45, 2.75) is 18.4 Å². The van der Waals surface area contributed by atoms with E-state index in [-0.39, 0.29) is 6.10 Å². The highest BCUT2D eigenvalue weighted by molar-refractivity contribution is 7.07. The third-order valence-electron chi connectivity index (χ3n) is 2.03. The first-order valence-corrected chi connectivity index (χ1v) is 4.69. The van der Waals surface area contributed by atoms with Crippen molar-refractivity contribution in [3.63, 3.8) is 0 Å². The van der Waals surface area contributed by atoms with Gasteiger partial charge in [0.25, 0.3) is 0 Å². The van der Waals surface area contributed by atoms with Crippen LogP contribution in [-0.2, 0) is 0 Å². The van der Waals surface area contributed by atoms with E-state index in [9.17, 15) is 5.11 Å². The zero-order chi connectivity index (χ0) is 7.68. The Morgan fingerprint density at radius 3 is 2.91 bits per heavy atom. The van der Waals surface area contributed by atoms with Gasteiger partial charge in [-0.3, -0.25) is 0 Å². The molecule has 0 saturated carbocycles. The number of thiophene rings is 1. The van der Waals surface area contributed by atoms with Crippen molar-refractivity contribution in [3.8, 4) is 0 Å². The van der Waals surface area contributed by atoms with Crippen LogP contribution in [0.1, 0.15) is 17.9 Å². The minimum absolute atomic E-state index is 0.222. The highest BCUT2D eigenvalue weighted by Crippen LogP contribution is 2.29. The lowest BCUT2D eigenvalue weighted by Gasteiger charge is -2.04. The molecule has 2 heteroatoms. The summed E-state index contributed by atoms with van der Waals surface area (Å²) in [4.78, 5) is 0. The van der Waals surface area contributed by atoms with E-state index in [1.165, 1.54) is 5.56 Å². The Bertz CT molecular complexity index is 251. The molecule has 2 rings (SSSR count). The summed E-state index contributed by atoms with van der Waals surface area (Å²) < 4.78 is 0. The second kappa shape index (κ2) is 2.80. The Morgan fingerprint density at radius 2 is 2.36 bits per heavy atom. The Hall–Kier alpha value is -0.600. The Kier molecular flexibility index (Phi) is 1.80. The number of rotatable bonds is 1. The van der Waals surface area contributed by atoms with Crippen LogP contribution < -0.4 is 0 Å². The summed E-state index contributed by atoms with van der Waals surface area (Å²) in [6, 6.07) is 2.12. The molecule has 0 bridgehead atoms. The maximum absolute atomic E-state index is 9.22. The fourth-order valence-electron chi connectivity index (χ4n) is 1.41. The molecule has 1 aliphatic rings. The molecule has 1 heterocycles. The second-order valence-electron chi connectivity index (χ2n) is 2.85. The summed E-state index contributed by atoms with van der Waals surface area (Å²) in [5, 5.41) is 13.4. The summed E-state index contributed by atoms with van der Waals surface area (Å²) in [6.07, 6.45) is 4.60. The first kappa shape index (κ1) is 7.07. The predicted octanol–water partition coefficient (Wildman–Crippen LogP) is 2.15. The number of hydrogen-bond acceptors (Lipinski definition) is 2. The van der Waals surface area contributed by atoms with Crippen molar-refractivity contribution >= 4 is 11.3 Å². The maximum atomic E-state index is 9.22. The van der Waals surface area contributed by atoms with Crippen molar-refractivity contribution < 1.29 is 5.11 Å². The molecule has 1 nitrogen and oxygen atoms in total. The summed E-state index contributed by atoms with van der Waals surface area (Å²) in [5.74, 6) is 0.455. The third kappa shape index (κ3) is 1.37. The van der Waals surface area contributed by atoms with E-state index in [0.717, 1.165) is 6.42 Å². The standard InChI is InChI=1S/C9H10OS/c10-9-2-1-7(5-9)8-3-4-11-6-8/h1-4,6-7,9-10H,5H2. The van der Waals surface area contributed by atoms with Crippen LogP contribution in [0.25, 0.3) is 0 Å². The van der Waals surface area contributed by atoms with Crippen LogP contribution in [0.5, 0.6) is 0 Å². The van der Waals surface area contributed by atoms with Gasteiger partial charge in [0.15, 0.2) is 0 Å². The van der Waals surface area contributed by atoms with Crippen molar-refractivity contribution in [1.82, 2.24) is 0 Å². The topological polar surface area (TPSA) is 20.2 Å². The van der Waals surface area contributed by atoms with E-state index >= 15 is 0 Å². The van der Waals surface area contributed by atoms with E-state index in [1.807, 2.05) is 6.08 Å². The molecule has 2 atom stereocenters. The van der Waals surface area contributed by atoms with Gasteiger partial charge < -0.3 is 5.11 Å². The molecule has 0 amide bonds. The molecule has 1 aromatic rings. The van der Waals surface area contributed by atoms with Crippen LogP contribution in [0.2, 0.25) is 0 Å². The summed E-state index contributed by atoms with van der Waals surface area (Å²) in [6.45, 7) is 0. The molecule has 0 spiro atoms. The molecule has 0 aromatic carbocycles. The molecule has 1 aliphatic carbocycles. The van der Waals surface area contributed by atoms with Gasteiger partial charge >= 0.3 is 0 Å². The van der Waals surface area contributed by atoms with Crippen molar-refractivity contribution in [1.29, 1.82) is 0 Å². The molecule has 2 unspecified atom stereocenters. The quantitative estimate of drug-likeness (QED) is 0.634. The summed E-state index contributed by atoms with van der Waals surface area (Å²) >= 11 is 1.71. The van der Waals surface area contributed by atoms with E-state index < -0.39 is 0 Å². The Balaban J connectivity index is 2.15. The average molecular weight is 166 g/mol. The first-order valence-electron chi connectivity index (χ1n) is 3.75. The average Bonchev–Trinajstić information content (AvgIpc) is 2.55. The molecule has 1 aromatic heterocycles. The predicted molar refractivity (Wildman–Crippen MR) is 46.8 cm³/mol. The zero-order valence-electron chi connectivity index (χ0n) is 6.10. The minimum Gasteiger partial charge on any atom is -0.389 e. The van der Waals surface area contributed by atoms with Crippen LogP contribution >= 0.6 is 11.3 Å². The fourth-order valence-corrected chi connectivity index (χ4v) is 2.14. The number of aliphatic hydroxyl groups is 1. The third-order valence-corrected chi connectivity index (χ3v) is 2.73. The molecular formula is C9H10OS. The molecule has 1 N–H and O–H groups in total. The van der Waals surface area contributed by atoms with Crippen LogP contribution in [0, 0.1) is 0 Å². The molecule has 11 heavy (non-hydrogen) atoms. The monoisotopic (exact) mass is 166 g/mol. The molecular weight excluding hydrogens is 156 g/mol. The smallest absolute Gasteiger partial charge is 0.0730 e. The largest absolute Gasteiger partial charge is 0.389 e. The first-order chi connectivity index (χ1) is 5.36. The van der Waals surface area contributed by atoms with Gasteiger partial charge in [-0.15, -0.1) is 0 Å². The molecule has 0 radical (unpaired) electrons. The number of hydrogen-bond donors (Lipinski definition) is 1. The van der Waals surface area contributed by atoms with Crippen molar-refractivity contribution in [2.24, 2.45) is 0 Å². The van der Waals surface area contributed by atoms with Crippen LogP contribution in [-0.4, -0.2) is 11.2 Å².